The maximum atomic E-state index is 12.9. The average molecular weight is 374 g/mol. The monoisotopic (exact) mass is 374 g/mol. The number of hydrogen-bond donors (Lipinski definition) is 0. The first-order valence-corrected chi connectivity index (χ1v) is 8.38. The molecule has 0 aliphatic rings. The molecule has 0 spiro atoms. The van der Waals surface area contributed by atoms with Crippen LogP contribution in [0.25, 0.3) is 21.9 Å². The van der Waals surface area contributed by atoms with Crippen molar-refractivity contribution in [3.63, 3.8) is 0 Å². The van der Waals surface area contributed by atoms with Crippen molar-refractivity contribution in [2.24, 2.45) is 0 Å². The molecule has 0 fully saturated rings. The number of fused-ring (bicyclic) bond motifs is 1. The van der Waals surface area contributed by atoms with E-state index in [0.29, 0.717) is 21.0 Å². The van der Waals surface area contributed by atoms with E-state index in [9.17, 15) is 18.4 Å². The molecular weight excluding hydrogens is 361 g/mol. The lowest BCUT2D eigenvalue weighted by Gasteiger charge is -2.06. The first-order chi connectivity index (χ1) is 12.3. The van der Waals surface area contributed by atoms with Crippen LogP contribution in [0.4, 0.5) is 13.2 Å². The third-order valence-corrected chi connectivity index (χ3v) is 4.82. The molecule has 0 saturated heterocycles. The van der Waals surface area contributed by atoms with Crippen LogP contribution in [0.1, 0.15) is 21.7 Å². The molecule has 0 N–H and O–H groups in total. The van der Waals surface area contributed by atoms with Crippen molar-refractivity contribution < 1.29 is 17.9 Å². The smallest absolute Gasteiger partial charge is 0.416 e. The van der Waals surface area contributed by atoms with Gasteiger partial charge in [0.25, 0.3) is 0 Å². The van der Waals surface area contributed by atoms with Gasteiger partial charge in [0.2, 0.25) is 0 Å². The van der Waals surface area contributed by atoms with E-state index in [0.717, 1.165) is 17.7 Å². The molecule has 0 unspecified atom stereocenters. The van der Waals surface area contributed by atoms with Crippen molar-refractivity contribution in [1.82, 2.24) is 4.98 Å². The number of thiazole rings is 1. The Morgan fingerprint density at radius 1 is 1.23 bits per heavy atom. The van der Waals surface area contributed by atoms with Crippen molar-refractivity contribution in [3.8, 4) is 11.8 Å². The van der Waals surface area contributed by atoms with Crippen LogP contribution < -0.4 is 4.74 Å². The zero-order valence-corrected chi connectivity index (χ0v) is 14.7. The third-order valence-electron chi connectivity index (χ3n) is 3.75. The number of aromatic nitrogens is 1. The Morgan fingerprint density at radius 3 is 2.65 bits per heavy atom. The van der Waals surface area contributed by atoms with E-state index in [4.69, 9.17) is 4.74 Å². The lowest BCUT2D eigenvalue weighted by atomic mass is 10.1. The number of ether oxygens (including phenoxy) is 1. The number of alkyl halides is 3. The summed E-state index contributed by atoms with van der Waals surface area (Å²) in [5, 5.41) is 9.88. The van der Waals surface area contributed by atoms with Crippen LogP contribution in [0.15, 0.2) is 36.4 Å². The minimum Gasteiger partial charge on any atom is -0.496 e. The second-order valence-corrected chi connectivity index (χ2v) is 6.65. The van der Waals surface area contributed by atoms with Crippen molar-refractivity contribution >= 4 is 33.2 Å². The fourth-order valence-corrected chi connectivity index (χ4v) is 3.39. The Balaban J connectivity index is 2.09. The molecule has 132 valence electrons. The normalized spacial score (nSPS) is 12.2. The summed E-state index contributed by atoms with van der Waals surface area (Å²) in [5.74, 6) is 0.601. The summed E-state index contributed by atoms with van der Waals surface area (Å²) in [6, 6.07) is 11.0. The van der Waals surface area contributed by atoms with Gasteiger partial charge >= 0.3 is 6.18 Å². The third kappa shape index (κ3) is 3.55. The highest BCUT2D eigenvalue weighted by Gasteiger charge is 2.30. The molecule has 3 rings (SSSR count). The zero-order valence-electron chi connectivity index (χ0n) is 13.9. The number of rotatable bonds is 3. The van der Waals surface area contributed by atoms with E-state index in [-0.39, 0.29) is 11.1 Å². The molecule has 1 aromatic heterocycles. The Morgan fingerprint density at radius 2 is 2.00 bits per heavy atom. The summed E-state index contributed by atoms with van der Waals surface area (Å²) in [7, 11) is 1.53. The Hall–Kier alpha value is -2.85. The molecule has 0 bridgehead atoms. The molecule has 0 amide bonds. The molecule has 0 aliphatic heterocycles. The lowest BCUT2D eigenvalue weighted by Crippen LogP contribution is -2.03. The van der Waals surface area contributed by atoms with Gasteiger partial charge in [0, 0.05) is 5.56 Å². The number of hydrogen-bond acceptors (Lipinski definition) is 4. The first kappa shape index (κ1) is 18.0. The highest BCUT2D eigenvalue weighted by atomic mass is 32.1. The van der Waals surface area contributed by atoms with E-state index in [1.165, 1.54) is 24.5 Å². The van der Waals surface area contributed by atoms with Gasteiger partial charge in [-0.1, -0.05) is 11.6 Å². The minimum atomic E-state index is -4.43. The van der Waals surface area contributed by atoms with Crippen molar-refractivity contribution in [2.75, 3.05) is 7.11 Å². The van der Waals surface area contributed by atoms with Crippen LogP contribution >= 0.6 is 11.3 Å². The molecule has 3 aromatic rings. The minimum absolute atomic E-state index is 0.220. The summed E-state index contributed by atoms with van der Waals surface area (Å²) in [6.07, 6.45) is -2.80. The van der Waals surface area contributed by atoms with Gasteiger partial charge in [0.1, 0.15) is 16.8 Å². The van der Waals surface area contributed by atoms with Crippen LogP contribution in [0.5, 0.6) is 5.75 Å². The van der Waals surface area contributed by atoms with Crippen molar-refractivity contribution in [1.29, 1.82) is 5.26 Å². The number of aryl methyl sites for hydroxylation is 1. The molecular formula is C19H13F3N2OS. The first-order valence-electron chi connectivity index (χ1n) is 7.56. The maximum absolute atomic E-state index is 12.9. The molecule has 0 saturated carbocycles. The summed E-state index contributed by atoms with van der Waals surface area (Å²) in [5.41, 5.74) is 1.43. The molecule has 1 heterocycles. The summed E-state index contributed by atoms with van der Waals surface area (Å²) >= 11 is 1.18. The molecule has 2 aromatic carbocycles. The average Bonchev–Trinajstić information content (AvgIpc) is 3.02. The number of nitriles is 1. The van der Waals surface area contributed by atoms with E-state index in [2.05, 4.69) is 11.1 Å². The molecule has 0 aliphatic carbocycles. The fourth-order valence-electron chi connectivity index (χ4n) is 2.48. The quantitative estimate of drug-likeness (QED) is 0.553. The van der Waals surface area contributed by atoms with Crippen LogP contribution in [0.3, 0.4) is 0 Å². The largest absolute Gasteiger partial charge is 0.496 e. The molecule has 3 nitrogen and oxygen atoms in total. The zero-order chi connectivity index (χ0) is 18.9. The summed E-state index contributed by atoms with van der Waals surface area (Å²) in [6.45, 7) is 1.92. The topological polar surface area (TPSA) is 45.9 Å². The predicted molar refractivity (Wildman–Crippen MR) is 95.8 cm³/mol. The molecule has 0 radical (unpaired) electrons. The van der Waals surface area contributed by atoms with Gasteiger partial charge in [-0.15, -0.1) is 11.3 Å². The Kier molecular flexibility index (Phi) is 4.70. The molecule has 0 atom stereocenters. The Bertz CT molecular complexity index is 1050. The number of halogens is 3. The second kappa shape index (κ2) is 6.81. The lowest BCUT2D eigenvalue weighted by molar-refractivity contribution is -0.137. The van der Waals surface area contributed by atoms with Gasteiger partial charge < -0.3 is 4.74 Å². The molecule has 26 heavy (non-hydrogen) atoms. The standard InChI is InChI=1S/C19H13F3N2OS/c1-11-3-5-16(25-2)12(7-11)8-13(10-23)18-24-15-9-14(19(20,21)22)4-6-17(15)26-18/h3-9H,1-2H3/b13-8+. The second-order valence-electron chi connectivity index (χ2n) is 5.61. The van der Waals surface area contributed by atoms with Crippen molar-refractivity contribution in [2.45, 2.75) is 13.1 Å². The fraction of sp³-hybridized carbons (Fsp3) is 0.158. The molecule has 7 heteroatoms. The van der Waals surface area contributed by atoms with Crippen molar-refractivity contribution in [3.05, 3.63) is 58.1 Å². The van der Waals surface area contributed by atoms with Gasteiger partial charge in [-0.25, -0.2) is 4.98 Å². The highest BCUT2D eigenvalue weighted by molar-refractivity contribution is 7.19. The van der Waals surface area contributed by atoms with E-state index in [1.54, 1.807) is 12.1 Å². The predicted octanol–water partition coefficient (Wildman–Crippen LogP) is 5.70. The summed E-state index contributed by atoms with van der Waals surface area (Å²) < 4.78 is 44.4. The van der Waals surface area contributed by atoms with Crippen LogP contribution in [-0.2, 0) is 6.18 Å². The van der Waals surface area contributed by atoms with Gasteiger partial charge in [-0.05, 0) is 43.3 Å². The number of nitrogens with zero attached hydrogens (tertiary/aromatic N) is 2. The van der Waals surface area contributed by atoms with Crippen LogP contribution in [0, 0.1) is 18.3 Å². The maximum Gasteiger partial charge on any atom is 0.416 e. The van der Waals surface area contributed by atoms with E-state index in [1.807, 2.05) is 19.1 Å². The number of methoxy groups -OCH3 is 1. The number of allylic oxidation sites excluding steroid dienone is 1. The van der Waals surface area contributed by atoms with Gasteiger partial charge in [-0.2, -0.15) is 18.4 Å². The van der Waals surface area contributed by atoms with Crippen LogP contribution in [0.2, 0.25) is 0 Å². The van der Waals surface area contributed by atoms with Crippen LogP contribution in [-0.4, -0.2) is 12.1 Å². The highest BCUT2D eigenvalue weighted by Crippen LogP contribution is 2.35. The SMILES string of the molecule is COc1ccc(C)cc1/C=C(\C#N)c1nc2cc(C(F)(F)F)ccc2s1. The van der Waals surface area contributed by atoms with E-state index >= 15 is 0 Å². The number of benzene rings is 2. The van der Waals surface area contributed by atoms with Gasteiger partial charge in [-0.3, -0.25) is 0 Å². The Labute approximate surface area is 152 Å². The van der Waals surface area contributed by atoms with Gasteiger partial charge in [0.15, 0.2) is 0 Å². The van der Waals surface area contributed by atoms with E-state index < -0.39 is 11.7 Å². The van der Waals surface area contributed by atoms with Gasteiger partial charge in [0.05, 0.1) is 28.5 Å². The summed E-state index contributed by atoms with van der Waals surface area (Å²) in [4.78, 5) is 4.22.